The van der Waals surface area contributed by atoms with E-state index in [-0.39, 0.29) is 18.2 Å². The minimum absolute atomic E-state index is 0.192. The Bertz CT molecular complexity index is 1030. The first-order valence-corrected chi connectivity index (χ1v) is 11.0. The zero-order valence-electron chi connectivity index (χ0n) is 18.5. The second kappa shape index (κ2) is 10.3. The number of hydrogen-bond acceptors (Lipinski definition) is 6. The van der Waals surface area contributed by atoms with Crippen molar-refractivity contribution in [1.82, 2.24) is 20.6 Å². The maximum Gasteiger partial charge on any atom is 0.315 e. The van der Waals surface area contributed by atoms with Crippen LogP contribution in [0.1, 0.15) is 19.4 Å². The van der Waals surface area contributed by atoms with Crippen LogP contribution < -0.4 is 20.9 Å². The van der Waals surface area contributed by atoms with Crippen molar-refractivity contribution < 1.29 is 9.53 Å². The van der Waals surface area contributed by atoms with Crippen molar-refractivity contribution in [3.05, 3.63) is 60.3 Å². The van der Waals surface area contributed by atoms with Gasteiger partial charge in [-0.3, -0.25) is 0 Å². The smallest absolute Gasteiger partial charge is 0.315 e. The number of ether oxygens (including phenoxy) is 1. The first-order valence-electron chi connectivity index (χ1n) is 11.0. The molecule has 0 saturated carbocycles. The molecule has 32 heavy (non-hydrogen) atoms. The van der Waals surface area contributed by atoms with E-state index in [9.17, 15) is 4.79 Å². The van der Waals surface area contributed by atoms with Gasteiger partial charge in [-0.15, -0.1) is 0 Å². The largest absolute Gasteiger partial charge is 0.372 e. The van der Waals surface area contributed by atoms with Crippen LogP contribution in [0.3, 0.4) is 0 Å². The second-order valence-electron chi connectivity index (χ2n) is 8.11. The van der Waals surface area contributed by atoms with Crippen molar-refractivity contribution in [2.24, 2.45) is 0 Å². The zero-order chi connectivity index (χ0) is 22.3. The van der Waals surface area contributed by atoms with Crippen molar-refractivity contribution in [2.75, 3.05) is 36.4 Å². The van der Waals surface area contributed by atoms with Gasteiger partial charge in [-0.1, -0.05) is 24.3 Å². The molecule has 4 rings (SSSR count). The van der Waals surface area contributed by atoms with Gasteiger partial charge in [0.1, 0.15) is 11.6 Å². The Morgan fingerprint density at radius 2 is 1.84 bits per heavy atom. The average Bonchev–Trinajstić information content (AvgIpc) is 2.80. The van der Waals surface area contributed by atoms with Crippen LogP contribution in [0, 0.1) is 0 Å². The molecule has 1 saturated heterocycles. The van der Waals surface area contributed by atoms with Crippen LogP contribution in [0.25, 0.3) is 10.9 Å². The molecule has 8 nitrogen and oxygen atoms in total. The van der Waals surface area contributed by atoms with Gasteiger partial charge < -0.3 is 25.6 Å². The number of urea groups is 1. The van der Waals surface area contributed by atoms with Crippen LogP contribution in [0.5, 0.6) is 0 Å². The number of hydrogen-bond donors (Lipinski definition) is 3. The van der Waals surface area contributed by atoms with Gasteiger partial charge in [-0.05, 0) is 43.7 Å². The number of aromatic nitrogens is 2. The number of carbonyl (C=O) groups is 1. The number of pyridine rings is 2. The number of benzene rings is 1. The monoisotopic (exact) mass is 434 g/mol. The van der Waals surface area contributed by atoms with E-state index in [1.54, 1.807) is 0 Å². The lowest BCUT2D eigenvalue weighted by molar-refractivity contribution is -0.00546. The van der Waals surface area contributed by atoms with Crippen molar-refractivity contribution in [3.63, 3.8) is 0 Å². The number of anilines is 2. The summed E-state index contributed by atoms with van der Waals surface area (Å²) in [6, 6.07) is 15.7. The van der Waals surface area contributed by atoms with Crippen molar-refractivity contribution in [2.45, 2.75) is 32.6 Å². The van der Waals surface area contributed by atoms with Crippen LogP contribution in [0.2, 0.25) is 0 Å². The van der Waals surface area contributed by atoms with E-state index in [0.717, 1.165) is 41.2 Å². The Hall–Kier alpha value is -3.39. The molecular formula is C24H30N6O2. The summed E-state index contributed by atoms with van der Waals surface area (Å²) in [4.78, 5) is 23.4. The molecular weight excluding hydrogens is 404 g/mol. The van der Waals surface area contributed by atoms with Crippen molar-refractivity contribution in [3.8, 4) is 0 Å². The van der Waals surface area contributed by atoms with E-state index in [4.69, 9.17) is 4.74 Å². The maximum atomic E-state index is 12.1. The highest BCUT2D eigenvalue weighted by atomic mass is 16.5. The van der Waals surface area contributed by atoms with E-state index >= 15 is 0 Å². The van der Waals surface area contributed by atoms with Crippen LogP contribution in [-0.2, 0) is 11.3 Å². The Labute approximate surface area is 188 Å². The maximum absolute atomic E-state index is 12.1. The molecule has 1 fully saturated rings. The highest BCUT2D eigenvalue weighted by molar-refractivity contribution is 5.80. The molecule has 0 spiro atoms. The fourth-order valence-corrected chi connectivity index (χ4v) is 3.85. The first kappa shape index (κ1) is 21.8. The lowest BCUT2D eigenvalue weighted by Crippen LogP contribution is -2.45. The van der Waals surface area contributed by atoms with Gasteiger partial charge in [-0.2, -0.15) is 0 Å². The summed E-state index contributed by atoms with van der Waals surface area (Å²) in [6.07, 6.45) is 2.20. The fraction of sp³-hybridized carbons (Fsp3) is 0.375. The quantitative estimate of drug-likeness (QED) is 0.495. The number of para-hydroxylation sites is 1. The highest BCUT2D eigenvalue weighted by Crippen LogP contribution is 2.18. The molecule has 2 amide bonds. The summed E-state index contributed by atoms with van der Waals surface area (Å²) in [7, 11) is 0. The lowest BCUT2D eigenvalue weighted by atomic mass is 10.2. The molecule has 2 atom stereocenters. The van der Waals surface area contributed by atoms with Gasteiger partial charge in [0.05, 0.1) is 17.7 Å². The van der Waals surface area contributed by atoms with E-state index in [0.29, 0.717) is 19.6 Å². The number of amides is 2. The van der Waals surface area contributed by atoms with E-state index in [1.165, 1.54) is 0 Å². The molecule has 3 N–H and O–H groups in total. The number of nitrogens with one attached hydrogen (secondary N) is 3. The van der Waals surface area contributed by atoms with Crippen molar-refractivity contribution in [1.29, 1.82) is 0 Å². The van der Waals surface area contributed by atoms with Gasteiger partial charge >= 0.3 is 6.03 Å². The Kier molecular flexibility index (Phi) is 7.01. The first-order chi connectivity index (χ1) is 15.6. The summed E-state index contributed by atoms with van der Waals surface area (Å²) in [5, 5.41) is 10.1. The summed E-state index contributed by atoms with van der Waals surface area (Å²) in [6.45, 7) is 7.33. The topological polar surface area (TPSA) is 91.4 Å². The predicted octanol–water partition coefficient (Wildman–Crippen LogP) is 3.15. The predicted molar refractivity (Wildman–Crippen MR) is 127 cm³/mol. The molecule has 0 aliphatic carbocycles. The van der Waals surface area contributed by atoms with Crippen molar-refractivity contribution >= 4 is 28.6 Å². The molecule has 2 unspecified atom stereocenters. The normalized spacial score (nSPS) is 18.4. The number of carbonyl (C=O) groups excluding carboxylic acids is 1. The minimum atomic E-state index is -0.210. The molecule has 168 valence electrons. The fourth-order valence-electron chi connectivity index (χ4n) is 3.85. The molecule has 3 heterocycles. The van der Waals surface area contributed by atoms with Gasteiger partial charge in [-0.25, -0.2) is 14.8 Å². The van der Waals surface area contributed by atoms with Gasteiger partial charge in [0.25, 0.3) is 0 Å². The molecule has 2 aromatic heterocycles. The third-order valence-electron chi connectivity index (χ3n) is 5.32. The Balaban J connectivity index is 1.17. The standard InChI is InChI=1S/C24H30N6O2/c1-17-15-30(16-18(2)32-17)23-10-7-19(13-27-23)14-28-24(31)26-12-11-25-22-9-8-20-5-3-4-6-21(20)29-22/h3-10,13,17-18H,11-12,14-16H2,1-2H3,(H,25,29)(H2,26,28,31). The molecule has 0 radical (unpaired) electrons. The van der Waals surface area contributed by atoms with E-state index < -0.39 is 0 Å². The van der Waals surface area contributed by atoms with Crippen LogP contribution in [0.4, 0.5) is 16.4 Å². The molecule has 8 heteroatoms. The molecule has 1 aliphatic rings. The molecule has 0 bridgehead atoms. The molecule has 1 aliphatic heterocycles. The molecule has 3 aromatic rings. The van der Waals surface area contributed by atoms with Crippen LogP contribution >= 0.6 is 0 Å². The average molecular weight is 435 g/mol. The van der Waals surface area contributed by atoms with Gasteiger partial charge in [0.2, 0.25) is 0 Å². The van der Waals surface area contributed by atoms with E-state index in [2.05, 4.69) is 44.7 Å². The SMILES string of the molecule is CC1CN(c2ccc(CNC(=O)NCCNc3ccc4ccccc4n3)cn2)CC(C)O1. The minimum Gasteiger partial charge on any atom is -0.372 e. The Morgan fingerprint density at radius 3 is 2.62 bits per heavy atom. The van der Waals surface area contributed by atoms with Crippen LogP contribution in [-0.4, -0.2) is 54.4 Å². The number of fused-ring (bicyclic) bond motifs is 1. The second-order valence-corrected chi connectivity index (χ2v) is 8.11. The number of nitrogens with zero attached hydrogens (tertiary/aromatic N) is 3. The van der Waals surface area contributed by atoms with Crippen LogP contribution in [0.15, 0.2) is 54.7 Å². The highest BCUT2D eigenvalue weighted by Gasteiger charge is 2.22. The summed E-state index contributed by atoms with van der Waals surface area (Å²) in [5.41, 5.74) is 1.90. The summed E-state index contributed by atoms with van der Waals surface area (Å²) >= 11 is 0. The molecule has 1 aromatic carbocycles. The van der Waals surface area contributed by atoms with Gasteiger partial charge in [0.15, 0.2) is 0 Å². The zero-order valence-corrected chi connectivity index (χ0v) is 18.5. The number of rotatable bonds is 7. The third-order valence-corrected chi connectivity index (χ3v) is 5.32. The van der Waals surface area contributed by atoms with E-state index in [1.807, 2.05) is 54.7 Å². The summed E-state index contributed by atoms with van der Waals surface area (Å²) in [5.74, 6) is 1.73. The third kappa shape index (κ3) is 5.85. The van der Waals surface area contributed by atoms with Gasteiger partial charge in [0, 0.05) is 44.3 Å². The Morgan fingerprint density at radius 1 is 1.03 bits per heavy atom. The lowest BCUT2D eigenvalue weighted by Gasteiger charge is -2.36. The number of morpholine rings is 1. The summed E-state index contributed by atoms with van der Waals surface area (Å²) < 4.78 is 5.78.